The summed E-state index contributed by atoms with van der Waals surface area (Å²) in [6.07, 6.45) is 6.80. The van der Waals surface area contributed by atoms with Gasteiger partial charge in [-0.05, 0) is 49.6 Å². The molecule has 2 aromatic carbocycles. The van der Waals surface area contributed by atoms with E-state index >= 15 is 0 Å². The van der Waals surface area contributed by atoms with Crippen LogP contribution in [0.1, 0.15) is 52.7 Å². The Kier molecular flexibility index (Phi) is 4.41. The topological polar surface area (TPSA) is 38.8 Å². The third-order valence-electron chi connectivity index (χ3n) is 5.95. The number of hydrogen-bond acceptors (Lipinski definition) is 4. The van der Waals surface area contributed by atoms with Crippen molar-refractivity contribution < 1.29 is 14.3 Å². The summed E-state index contributed by atoms with van der Waals surface area (Å²) in [5.41, 5.74) is 3.45. The van der Waals surface area contributed by atoms with Crippen LogP contribution in [0.2, 0.25) is 5.02 Å². The van der Waals surface area contributed by atoms with Crippen molar-refractivity contribution in [2.24, 2.45) is 0 Å². The third kappa shape index (κ3) is 3.01. The van der Waals surface area contributed by atoms with Crippen LogP contribution in [-0.4, -0.2) is 23.5 Å². The molecule has 5 rings (SSSR count). The number of hydrogen-bond donors (Lipinski definition) is 0. The van der Waals surface area contributed by atoms with Gasteiger partial charge >= 0.3 is 0 Å². The van der Waals surface area contributed by atoms with E-state index in [-0.39, 0.29) is 5.78 Å². The summed E-state index contributed by atoms with van der Waals surface area (Å²) in [6.45, 7) is 3.41. The zero-order valence-corrected chi connectivity index (χ0v) is 16.6. The van der Waals surface area contributed by atoms with E-state index in [2.05, 4.69) is 4.90 Å². The van der Waals surface area contributed by atoms with Crippen LogP contribution >= 0.6 is 11.6 Å². The first-order valence-electron chi connectivity index (χ1n) is 9.83. The first-order chi connectivity index (χ1) is 13.6. The van der Waals surface area contributed by atoms with Crippen molar-refractivity contribution in [2.75, 3.05) is 6.73 Å². The molecule has 0 bridgehead atoms. The molecule has 144 valence electrons. The smallest absolute Gasteiger partial charge is 0.231 e. The largest absolute Gasteiger partial charge is 0.477 e. The van der Waals surface area contributed by atoms with Crippen LogP contribution in [0.25, 0.3) is 6.08 Å². The molecule has 0 radical (unpaired) electrons. The highest BCUT2D eigenvalue weighted by Crippen LogP contribution is 2.44. The average molecular weight is 396 g/mol. The fourth-order valence-corrected chi connectivity index (χ4v) is 4.72. The van der Waals surface area contributed by atoms with Crippen molar-refractivity contribution in [1.82, 2.24) is 4.90 Å². The number of ketones is 1. The maximum atomic E-state index is 13.0. The predicted octanol–water partition coefficient (Wildman–Crippen LogP) is 5.36. The summed E-state index contributed by atoms with van der Waals surface area (Å²) in [7, 11) is 0. The molecule has 1 aliphatic carbocycles. The zero-order chi connectivity index (χ0) is 19.3. The average Bonchev–Trinajstić information content (AvgIpc) is 3.32. The lowest BCUT2D eigenvalue weighted by Gasteiger charge is -2.34. The molecule has 28 heavy (non-hydrogen) atoms. The first kappa shape index (κ1) is 17.8. The number of carbonyl (C=O) groups is 1. The number of benzene rings is 2. The Bertz CT molecular complexity index is 992. The molecule has 2 heterocycles. The molecule has 0 saturated heterocycles. The van der Waals surface area contributed by atoms with Crippen molar-refractivity contribution >= 4 is 23.5 Å². The van der Waals surface area contributed by atoms with Crippen LogP contribution in [0, 0.1) is 6.92 Å². The van der Waals surface area contributed by atoms with Gasteiger partial charge in [0, 0.05) is 28.7 Å². The first-order valence-corrected chi connectivity index (χ1v) is 10.2. The van der Waals surface area contributed by atoms with Gasteiger partial charge in [0.25, 0.3) is 0 Å². The Balaban J connectivity index is 1.47. The van der Waals surface area contributed by atoms with Crippen LogP contribution in [-0.2, 0) is 6.54 Å². The zero-order valence-electron chi connectivity index (χ0n) is 15.8. The van der Waals surface area contributed by atoms with E-state index in [1.165, 1.54) is 25.7 Å². The van der Waals surface area contributed by atoms with Gasteiger partial charge in [-0.25, -0.2) is 0 Å². The SMILES string of the molecule is Cc1c2c(cc3c1O/C(=C\c1cccc(Cl)c1)C3=O)CN(C1CCCC1)CO2. The van der Waals surface area contributed by atoms with E-state index in [4.69, 9.17) is 21.1 Å². The number of halogens is 1. The molecule has 0 unspecified atom stereocenters. The standard InChI is InChI=1S/C23H22ClNO3/c1-14-22-16(12-25(13-27-22)18-7-2-3-8-18)11-19-21(26)20(28-23(14)19)10-15-5-4-6-17(24)9-15/h4-6,9-11,18H,2-3,7-8,12-13H2,1H3/b20-10-. The maximum Gasteiger partial charge on any atom is 0.231 e. The van der Waals surface area contributed by atoms with Crippen LogP contribution in [0.5, 0.6) is 11.5 Å². The van der Waals surface area contributed by atoms with Gasteiger partial charge in [-0.2, -0.15) is 0 Å². The van der Waals surface area contributed by atoms with Gasteiger partial charge in [0.05, 0.1) is 5.56 Å². The summed E-state index contributed by atoms with van der Waals surface area (Å²) in [5.74, 6) is 1.73. The van der Waals surface area contributed by atoms with Gasteiger partial charge in [-0.3, -0.25) is 9.69 Å². The summed E-state index contributed by atoms with van der Waals surface area (Å²) in [6, 6.07) is 9.93. The van der Waals surface area contributed by atoms with Crippen molar-refractivity contribution in [2.45, 2.75) is 45.2 Å². The van der Waals surface area contributed by atoms with Crippen molar-refractivity contribution in [3.8, 4) is 11.5 Å². The normalized spacial score (nSPS) is 20.8. The van der Waals surface area contributed by atoms with Crippen LogP contribution < -0.4 is 9.47 Å². The van der Waals surface area contributed by atoms with Gasteiger partial charge in [-0.1, -0.05) is 36.6 Å². The van der Waals surface area contributed by atoms with E-state index in [9.17, 15) is 4.79 Å². The number of rotatable bonds is 2. The number of nitrogens with zero attached hydrogens (tertiary/aromatic N) is 1. The molecule has 2 aromatic rings. The number of allylic oxidation sites excluding steroid dienone is 1. The summed E-state index contributed by atoms with van der Waals surface area (Å²) in [4.78, 5) is 15.4. The second-order valence-corrected chi connectivity index (χ2v) is 8.26. The lowest BCUT2D eigenvalue weighted by atomic mass is 9.99. The lowest BCUT2D eigenvalue weighted by Crippen LogP contribution is -2.39. The Morgan fingerprint density at radius 1 is 1.18 bits per heavy atom. The predicted molar refractivity (Wildman–Crippen MR) is 109 cm³/mol. The van der Waals surface area contributed by atoms with E-state index in [1.54, 1.807) is 12.1 Å². The monoisotopic (exact) mass is 395 g/mol. The molecular weight excluding hydrogens is 374 g/mol. The molecule has 2 aliphatic heterocycles. The van der Waals surface area contributed by atoms with E-state index in [1.807, 2.05) is 31.2 Å². The van der Waals surface area contributed by atoms with E-state index < -0.39 is 0 Å². The Labute approximate surface area is 169 Å². The lowest BCUT2D eigenvalue weighted by molar-refractivity contribution is 0.0570. The van der Waals surface area contributed by atoms with Crippen LogP contribution in [0.3, 0.4) is 0 Å². The Morgan fingerprint density at radius 3 is 2.79 bits per heavy atom. The van der Waals surface area contributed by atoms with E-state index in [0.29, 0.717) is 34.9 Å². The molecule has 1 saturated carbocycles. The molecule has 0 amide bonds. The van der Waals surface area contributed by atoms with Crippen molar-refractivity contribution in [3.63, 3.8) is 0 Å². The van der Waals surface area contributed by atoms with E-state index in [0.717, 1.165) is 29.0 Å². The van der Waals surface area contributed by atoms with Gasteiger partial charge in [-0.15, -0.1) is 0 Å². The maximum absolute atomic E-state index is 13.0. The van der Waals surface area contributed by atoms with Crippen LogP contribution in [0.4, 0.5) is 0 Å². The molecule has 1 fully saturated rings. The number of carbonyl (C=O) groups excluding carboxylic acids is 1. The summed E-state index contributed by atoms with van der Waals surface area (Å²) < 4.78 is 12.1. The van der Waals surface area contributed by atoms with Crippen molar-refractivity contribution in [1.29, 1.82) is 0 Å². The molecule has 0 aromatic heterocycles. The van der Waals surface area contributed by atoms with Gasteiger partial charge in [0.2, 0.25) is 5.78 Å². The highest BCUT2D eigenvalue weighted by Gasteiger charge is 2.35. The van der Waals surface area contributed by atoms with Crippen LogP contribution in [0.15, 0.2) is 36.1 Å². The quantitative estimate of drug-likeness (QED) is 0.642. The molecule has 3 aliphatic rings. The Morgan fingerprint density at radius 2 is 2.00 bits per heavy atom. The fraction of sp³-hybridized carbons (Fsp3) is 0.348. The second kappa shape index (κ2) is 6.94. The third-order valence-corrected chi connectivity index (χ3v) is 6.19. The molecule has 0 N–H and O–H groups in total. The highest BCUT2D eigenvalue weighted by atomic mass is 35.5. The second-order valence-electron chi connectivity index (χ2n) is 7.82. The number of fused-ring (bicyclic) bond motifs is 2. The molecule has 0 atom stereocenters. The van der Waals surface area contributed by atoms with Gasteiger partial charge in [0.1, 0.15) is 18.2 Å². The minimum atomic E-state index is -0.0844. The summed E-state index contributed by atoms with van der Waals surface area (Å²) >= 11 is 6.06. The number of Topliss-reactive ketones (excluding diaryl/α,β-unsaturated/α-hetero) is 1. The minimum absolute atomic E-state index is 0.0844. The van der Waals surface area contributed by atoms with Gasteiger partial charge < -0.3 is 9.47 Å². The number of ether oxygens (including phenoxy) is 2. The minimum Gasteiger partial charge on any atom is -0.477 e. The van der Waals surface area contributed by atoms with Crippen molar-refractivity contribution in [3.05, 3.63) is 63.4 Å². The Hall–Kier alpha value is -2.30. The molecule has 4 nitrogen and oxygen atoms in total. The highest BCUT2D eigenvalue weighted by molar-refractivity contribution is 6.30. The summed E-state index contributed by atoms with van der Waals surface area (Å²) in [5, 5.41) is 0.629. The molecule has 0 spiro atoms. The van der Waals surface area contributed by atoms with Gasteiger partial charge in [0.15, 0.2) is 5.76 Å². The fourth-order valence-electron chi connectivity index (χ4n) is 4.52. The molecular formula is C23H22ClNO3. The molecule has 5 heteroatoms.